The Balaban J connectivity index is 0.00000142. The quantitative estimate of drug-likeness (QED) is 0.221. The van der Waals surface area contributed by atoms with Gasteiger partial charge in [-0.3, -0.25) is 0 Å². The summed E-state index contributed by atoms with van der Waals surface area (Å²) in [5.41, 5.74) is 8.50. The van der Waals surface area contributed by atoms with Gasteiger partial charge in [-0.1, -0.05) is 92.7 Å². The molecule has 0 amide bonds. The van der Waals surface area contributed by atoms with Gasteiger partial charge in [0.1, 0.15) is 0 Å². The monoisotopic (exact) mass is 518 g/mol. The lowest BCUT2D eigenvalue weighted by atomic mass is 10.0. The Morgan fingerprint density at radius 3 is 1.55 bits per heavy atom. The molecule has 0 unspecified atom stereocenters. The van der Waals surface area contributed by atoms with E-state index in [1.54, 1.807) is 0 Å². The lowest BCUT2D eigenvalue weighted by Crippen LogP contribution is -2.27. The molecule has 40 heavy (non-hydrogen) atoms. The van der Waals surface area contributed by atoms with E-state index >= 15 is 0 Å². The molecule has 0 radical (unpaired) electrons. The topological polar surface area (TPSA) is 9.86 Å². The van der Waals surface area contributed by atoms with E-state index in [0.29, 0.717) is 0 Å². The Hall–Kier alpha value is -4.82. The second-order valence-corrected chi connectivity index (χ2v) is 9.70. The second-order valence-electron chi connectivity index (χ2n) is 9.70. The van der Waals surface area contributed by atoms with Crippen LogP contribution in [0.4, 0.5) is 0 Å². The van der Waals surface area contributed by atoms with E-state index in [4.69, 9.17) is 0 Å². The molecule has 2 aromatic heterocycles. The molecule has 196 valence electrons. The molecule has 0 aliphatic carbocycles. The van der Waals surface area contributed by atoms with Crippen LogP contribution in [0.2, 0.25) is 0 Å². The number of fused-ring (bicyclic) bond motifs is 4. The zero-order chi connectivity index (χ0) is 27.6. The molecular formula is C38H34N2. The number of rotatable bonds is 3. The highest BCUT2D eigenvalue weighted by Gasteiger charge is 2.14. The highest BCUT2D eigenvalue weighted by atomic mass is 15.0. The van der Waals surface area contributed by atoms with Gasteiger partial charge in [0.25, 0.3) is 0 Å². The zero-order valence-electron chi connectivity index (χ0n) is 23.6. The molecule has 2 nitrogen and oxygen atoms in total. The maximum atomic E-state index is 2.37. The van der Waals surface area contributed by atoms with Crippen LogP contribution in [0, 0.1) is 0 Å². The normalized spacial score (nSPS) is 12.3. The summed E-state index contributed by atoms with van der Waals surface area (Å²) in [6.07, 6.45) is 4.45. The van der Waals surface area contributed by atoms with Crippen LogP contribution >= 0.6 is 0 Å². The Morgan fingerprint density at radius 2 is 0.950 bits per heavy atom. The molecule has 0 aliphatic rings. The van der Waals surface area contributed by atoms with Gasteiger partial charge in [-0.25, -0.2) is 0 Å². The minimum atomic E-state index is 1.18. The van der Waals surface area contributed by atoms with Gasteiger partial charge >= 0.3 is 0 Å². The van der Waals surface area contributed by atoms with Crippen LogP contribution in [0.3, 0.4) is 0 Å². The molecule has 0 bridgehead atoms. The third-order valence-corrected chi connectivity index (χ3v) is 7.64. The van der Waals surface area contributed by atoms with Gasteiger partial charge in [-0.2, -0.15) is 0 Å². The van der Waals surface area contributed by atoms with Gasteiger partial charge < -0.3 is 9.13 Å². The first-order valence-electron chi connectivity index (χ1n) is 14.2. The van der Waals surface area contributed by atoms with E-state index in [1.165, 1.54) is 65.8 Å². The van der Waals surface area contributed by atoms with Gasteiger partial charge in [0, 0.05) is 38.1 Å². The molecule has 2 heteroatoms. The lowest BCUT2D eigenvalue weighted by Gasteiger charge is -2.09. The summed E-state index contributed by atoms with van der Waals surface area (Å²) in [6, 6.07) is 43.7. The minimum absolute atomic E-state index is 1.18. The molecule has 0 fully saturated rings. The Kier molecular flexibility index (Phi) is 6.84. The number of hydrogen-bond acceptors (Lipinski definition) is 0. The largest absolute Gasteiger partial charge is 0.310 e. The molecule has 0 aliphatic heterocycles. The van der Waals surface area contributed by atoms with Crippen LogP contribution in [0.15, 0.2) is 121 Å². The van der Waals surface area contributed by atoms with Crippen LogP contribution in [0.5, 0.6) is 0 Å². The smallest absolute Gasteiger partial charge is 0.0541 e. The van der Waals surface area contributed by atoms with Crippen LogP contribution < -0.4 is 10.6 Å². The summed E-state index contributed by atoms with van der Waals surface area (Å²) in [6.45, 7) is 8.26. The SMILES string of the molecule is C/C=c1\c(=C/C)n(-c2ccccc2)c2ccc(-c3ccc4c(c3)c3ccccc3n4-c3ccccc3)cc12.CC. The lowest BCUT2D eigenvalue weighted by molar-refractivity contribution is 1.07. The summed E-state index contributed by atoms with van der Waals surface area (Å²) < 4.78 is 4.73. The van der Waals surface area contributed by atoms with Gasteiger partial charge in [-0.15, -0.1) is 0 Å². The van der Waals surface area contributed by atoms with E-state index in [-0.39, 0.29) is 0 Å². The number of para-hydroxylation sites is 3. The Bertz CT molecular complexity index is 2080. The average molecular weight is 519 g/mol. The van der Waals surface area contributed by atoms with Crippen molar-refractivity contribution in [2.45, 2.75) is 27.7 Å². The summed E-state index contributed by atoms with van der Waals surface area (Å²) >= 11 is 0. The van der Waals surface area contributed by atoms with Crippen molar-refractivity contribution in [3.05, 3.63) is 132 Å². The highest BCUT2D eigenvalue weighted by molar-refractivity contribution is 6.10. The highest BCUT2D eigenvalue weighted by Crippen LogP contribution is 2.35. The summed E-state index contributed by atoms with van der Waals surface area (Å²) in [7, 11) is 0. The third kappa shape index (κ3) is 4.04. The number of nitrogens with zero attached hydrogens (tertiary/aromatic N) is 2. The fourth-order valence-electron chi connectivity index (χ4n) is 5.97. The number of aromatic nitrogens is 2. The number of benzene rings is 5. The first-order valence-corrected chi connectivity index (χ1v) is 14.2. The maximum Gasteiger partial charge on any atom is 0.0541 e. The van der Waals surface area contributed by atoms with Crippen molar-refractivity contribution in [1.82, 2.24) is 9.13 Å². The van der Waals surface area contributed by atoms with Gasteiger partial charge in [0.2, 0.25) is 0 Å². The van der Waals surface area contributed by atoms with Crippen LogP contribution in [0.25, 0.3) is 67.4 Å². The Labute approximate surface area is 235 Å². The van der Waals surface area contributed by atoms with Crippen molar-refractivity contribution in [3.8, 4) is 22.5 Å². The number of hydrogen-bond donors (Lipinski definition) is 0. The molecule has 0 saturated carbocycles. The first-order chi connectivity index (χ1) is 19.8. The maximum absolute atomic E-state index is 2.37. The fraction of sp³-hybridized carbons (Fsp3) is 0.105. The van der Waals surface area contributed by atoms with Crippen LogP contribution in [-0.2, 0) is 0 Å². The fourth-order valence-corrected chi connectivity index (χ4v) is 5.97. The van der Waals surface area contributed by atoms with Crippen LogP contribution in [-0.4, -0.2) is 9.13 Å². The minimum Gasteiger partial charge on any atom is -0.310 e. The van der Waals surface area contributed by atoms with Gasteiger partial charge in [-0.05, 0) is 79.6 Å². The van der Waals surface area contributed by atoms with E-state index in [9.17, 15) is 0 Å². The third-order valence-electron chi connectivity index (χ3n) is 7.64. The summed E-state index contributed by atoms with van der Waals surface area (Å²) in [5.74, 6) is 0. The van der Waals surface area contributed by atoms with Crippen LogP contribution in [0.1, 0.15) is 27.7 Å². The van der Waals surface area contributed by atoms with Crippen molar-refractivity contribution < 1.29 is 0 Å². The van der Waals surface area contributed by atoms with E-state index in [2.05, 4.69) is 156 Å². The molecule has 0 N–H and O–H groups in total. The molecule has 5 aromatic carbocycles. The van der Waals surface area contributed by atoms with Crippen molar-refractivity contribution in [2.24, 2.45) is 0 Å². The second kappa shape index (κ2) is 10.7. The van der Waals surface area contributed by atoms with Crippen molar-refractivity contribution in [3.63, 3.8) is 0 Å². The molecule has 0 saturated heterocycles. The van der Waals surface area contributed by atoms with E-state index < -0.39 is 0 Å². The molecule has 2 heterocycles. The predicted molar refractivity (Wildman–Crippen MR) is 174 cm³/mol. The van der Waals surface area contributed by atoms with Crippen molar-refractivity contribution in [2.75, 3.05) is 0 Å². The molecule has 7 rings (SSSR count). The zero-order valence-corrected chi connectivity index (χ0v) is 23.6. The standard InChI is InChI=1S/C36H28N2.C2H6/c1-3-29-31-23-25(19-21-35(31)37(33(29)4-2)27-13-7-5-8-14-27)26-20-22-36-32(24-26)30-17-11-12-18-34(30)38(36)28-15-9-6-10-16-28;1-2/h3-24H,1-2H3;1-2H3/b29-3-,33-4+;. The summed E-state index contributed by atoms with van der Waals surface area (Å²) in [4.78, 5) is 0. The first kappa shape index (κ1) is 25.5. The van der Waals surface area contributed by atoms with Gasteiger partial charge in [0.15, 0.2) is 0 Å². The van der Waals surface area contributed by atoms with E-state index in [0.717, 1.165) is 0 Å². The van der Waals surface area contributed by atoms with Crippen molar-refractivity contribution >= 4 is 44.9 Å². The van der Waals surface area contributed by atoms with Gasteiger partial charge in [0.05, 0.1) is 16.6 Å². The predicted octanol–water partition coefficient (Wildman–Crippen LogP) is 9.02. The molecule has 0 spiro atoms. The summed E-state index contributed by atoms with van der Waals surface area (Å²) in [5, 5.41) is 6.32. The molecule has 7 aromatic rings. The average Bonchev–Trinajstić information content (AvgIpc) is 3.54. The van der Waals surface area contributed by atoms with E-state index in [1.807, 2.05) is 13.8 Å². The molecule has 0 atom stereocenters. The molecular weight excluding hydrogens is 484 g/mol. The van der Waals surface area contributed by atoms with Crippen molar-refractivity contribution in [1.29, 1.82) is 0 Å². The Morgan fingerprint density at radius 1 is 0.450 bits per heavy atom.